The van der Waals surface area contributed by atoms with Crippen molar-refractivity contribution in [1.29, 1.82) is 0 Å². The Kier molecular flexibility index (Phi) is 6.56. The van der Waals surface area contributed by atoms with Crippen molar-refractivity contribution < 1.29 is 14.1 Å². The third kappa shape index (κ3) is 5.08. The summed E-state index contributed by atoms with van der Waals surface area (Å²) in [5.41, 5.74) is 6.49. The number of nitrogens with zero attached hydrogens (tertiary/aromatic N) is 4. The molecule has 0 saturated carbocycles. The molecule has 1 unspecified atom stereocenters. The van der Waals surface area contributed by atoms with Crippen molar-refractivity contribution in [3.63, 3.8) is 0 Å². The van der Waals surface area contributed by atoms with Crippen molar-refractivity contribution in [3.05, 3.63) is 58.8 Å². The molecular weight excluding hydrogens is 426 g/mol. The fraction of sp³-hybridized carbons (Fsp3) is 0.455. The molecule has 1 aromatic carbocycles. The number of non-ortho nitro benzene ring substituents is 1. The van der Waals surface area contributed by atoms with Crippen LogP contribution >= 0.6 is 0 Å². The Morgan fingerprint density at radius 1 is 1.31 bits per heavy atom. The molecule has 172 valence electrons. The van der Waals surface area contributed by atoms with E-state index in [-0.39, 0.29) is 27.6 Å². The molecule has 0 aliphatic carbocycles. The number of carbonyl (C=O) groups excluding carboxylic acids is 1. The largest absolute Gasteiger partial charge is 0.397 e. The van der Waals surface area contributed by atoms with Crippen LogP contribution in [-0.4, -0.2) is 33.3 Å². The minimum Gasteiger partial charge on any atom is -0.397 e. The summed E-state index contributed by atoms with van der Waals surface area (Å²) in [6, 6.07) is 6.85. The van der Waals surface area contributed by atoms with E-state index in [1.165, 1.54) is 6.07 Å². The van der Waals surface area contributed by atoms with E-state index in [9.17, 15) is 14.9 Å². The molecule has 0 saturated heterocycles. The number of nitrogens with two attached hydrogens (primary N) is 1. The van der Waals surface area contributed by atoms with Gasteiger partial charge in [0.05, 0.1) is 16.8 Å². The number of carbonyl (C=O) groups is 1. The number of imidazole rings is 1. The molecule has 0 aliphatic heterocycles. The number of hydrogen-bond acceptors (Lipinski definition) is 5. The van der Waals surface area contributed by atoms with Crippen LogP contribution in [0.25, 0.3) is 10.9 Å². The van der Waals surface area contributed by atoms with Gasteiger partial charge in [0, 0.05) is 36.5 Å². The van der Waals surface area contributed by atoms with E-state index < -0.39 is 14.2 Å². The molecule has 1 atom stereocenters. The van der Waals surface area contributed by atoms with Gasteiger partial charge < -0.3 is 19.3 Å². The summed E-state index contributed by atoms with van der Waals surface area (Å²) in [6.45, 7) is 11.6. The van der Waals surface area contributed by atoms with Gasteiger partial charge in [0.2, 0.25) is 0 Å². The fourth-order valence-electron chi connectivity index (χ4n) is 3.32. The molecule has 9 nitrogen and oxygen atoms in total. The minimum absolute atomic E-state index is 0.0217. The summed E-state index contributed by atoms with van der Waals surface area (Å²) >= 11 is 0. The molecule has 0 bridgehead atoms. The van der Waals surface area contributed by atoms with E-state index in [1.54, 1.807) is 24.7 Å². The van der Waals surface area contributed by atoms with Gasteiger partial charge in [-0.05, 0) is 43.1 Å². The van der Waals surface area contributed by atoms with Gasteiger partial charge in [-0.1, -0.05) is 20.8 Å². The minimum atomic E-state index is -2.10. The van der Waals surface area contributed by atoms with Crippen LogP contribution in [0.5, 0.6) is 0 Å². The molecule has 3 aromatic rings. The molecule has 10 heteroatoms. The zero-order valence-corrected chi connectivity index (χ0v) is 20.2. The maximum Gasteiger partial charge on any atom is 0.271 e. The fourth-order valence-corrected chi connectivity index (χ4v) is 4.60. The van der Waals surface area contributed by atoms with Gasteiger partial charge in [-0.15, -0.1) is 0 Å². The van der Waals surface area contributed by atoms with Gasteiger partial charge in [-0.3, -0.25) is 14.9 Å². The van der Waals surface area contributed by atoms with Crippen molar-refractivity contribution in [3.8, 4) is 0 Å². The number of hydrogen-bond donors (Lipinski definition) is 1. The molecular formula is C22H31N5O4Si. The number of primary amides is 1. The first-order valence-corrected chi connectivity index (χ1v) is 13.5. The first kappa shape index (κ1) is 23.7. The molecule has 1 amide bonds. The Bertz CT molecular complexity index is 1130. The van der Waals surface area contributed by atoms with Crippen molar-refractivity contribution in [2.45, 2.75) is 64.5 Å². The quantitative estimate of drug-likeness (QED) is 0.280. The lowest BCUT2D eigenvalue weighted by Gasteiger charge is -2.39. The molecule has 0 radical (unpaired) electrons. The van der Waals surface area contributed by atoms with Crippen LogP contribution in [0.15, 0.2) is 43.0 Å². The second-order valence-electron chi connectivity index (χ2n) is 9.55. The predicted octanol–water partition coefficient (Wildman–Crippen LogP) is 4.85. The highest BCUT2D eigenvalue weighted by molar-refractivity contribution is 6.74. The topological polar surface area (TPSA) is 118 Å². The van der Waals surface area contributed by atoms with Crippen LogP contribution in [0.4, 0.5) is 5.69 Å². The molecule has 0 spiro atoms. The van der Waals surface area contributed by atoms with E-state index in [0.29, 0.717) is 13.0 Å². The van der Waals surface area contributed by atoms with Gasteiger partial charge in [-0.2, -0.15) is 0 Å². The first-order chi connectivity index (χ1) is 14.9. The van der Waals surface area contributed by atoms with E-state index in [0.717, 1.165) is 17.3 Å². The van der Waals surface area contributed by atoms with Gasteiger partial charge in [0.1, 0.15) is 11.9 Å². The van der Waals surface area contributed by atoms with Crippen LogP contribution < -0.4 is 5.73 Å². The predicted molar refractivity (Wildman–Crippen MR) is 126 cm³/mol. The summed E-state index contributed by atoms with van der Waals surface area (Å²) in [5.74, 6) is -0.574. The zero-order chi connectivity index (χ0) is 23.7. The van der Waals surface area contributed by atoms with Gasteiger partial charge in [0.15, 0.2) is 8.32 Å². The van der Waals surface area contributed by atoms with Crippen molar-refractivity contribution >= 4 is 30.8 Å². The Morgan fingerprint density at radius 2 is 2.03 bits per heavy atom. The maximum absolute atomic E-state index is 11.5. The number of aryl methyl sites for hydroxylation is 1. The standard InChI is InChI=1S/C22H31N5O4Si/c1-22(2,3)32(4,5)31-20(26-14-18(21(23)28)24-15-26)7-6-11-25-12-10-16-8-9-17(27(29)30)13-19(16)25/h8-10,12-15,20H,6-7,11H2,1-5H3,(H2,23,28). The normalized spacial score (nSPS) is 13.4. The molecule has 2 N–H and O–H groups in total. The van der Waals surface area contributed by atoms with Crippen molar-refractivity contribution in [1.82, 2.24) is 14.1 Å². The van der Waals surface area contributed by atoms with E-state index in [1.807, 2.05) is 21.4 Å². The Labute approximate surface area is 188 Å². The SMILES string of the molecule is CC(C)(C)[Si](C)(C)OC(CCCn1ccc2ccc([N+](=O)[O-])cc21)n1cnc(C(N)=O)c1. The van der Waals surface area contributed by atoms with Crippen LogP contribution in [0.3, 0.4) is 0 Å². The smallest absolute Gasteiger partial charge is 0.271 e. The average molecular weight is 458 g/mol. The monoisotopic (exact) mass is 457 g/mol. The number of aromatic nitrogens is 3. The lowest BCUT2D eigenvalue weighted by molar-refractivity contribution is -0.384. The van der Waals surface area contributed by atoms with Crippen LogP contribution in [-0.2, 0) is 11.0 Å². The summed E-state index contributed by atoms with van der Waals surface area (Å²) in [4.78, 5) is 26.4. The highest BCUT2D eigenvalue weighted by Gasteiger charge is 2.39. The molecule has 0 aliphatic rings. The third-order valence-corrected chi connectivity index (χ3v) is 10.7. The molecule has 2 aromatic heterocycles. The van der Waals surface area contributed by atoms with Crippen LogP contribution in [0.1, 0.15) is 50.3 Å². The number of fused-ring (bicyclic) bond motifs is 1. The van der Waals surface area contributed by atoms with Crippen LogP contribution in [0.2, 0.25) is 18.1 Å². The molecule has 2 heterocycles. The highest BCUT2D eigenvalue weighted by atomic mass is 28.4. The first-order valence-electron chi connectivity index (χ1n) is 10.6. The van der Waals surface area contributed by atoms with E-state index in [2.05, 4.69) is 38.8 Å². The van der Waals surface area contributed by atoms with E-state index in [4.69, 9.17) is 10.2 Å². The lowest BCUT2D eigenvalue weighted by Crippen LogP contribution is -2.42. The molecule has 32 heavy (non-hydrogen) atoms. The van der Waals surface area contributed by atoms with E-state index >= 15 is 0 Å². The number of nitro groups is 1. The summed E-state index contributed by atoms with van der Waals surface area (Å²) < 4.78 is 10.5. The summed E-state index contributed by atoms with van der Waals surface area (Å²) in [7, 11) is -2.10. The maximum atomic E-state index is 11.5. The van der Waals surface area contributed by atoms with Gasteiger partial charge in [0.25, 0.3) is 11.6 Å². The van der Waals surface area contributed by atoms with Crippen molar-refractivity contribution in [2.24, 2.45) is 5.73 Å². The second kappa shape index (κ2) is 8.87. The van der Waals surface area contributed by atoms with Gasteiger partial charge in [-0.25, -0.2) is 4.98 Å². The van der Waals surface area contributed by atoms with Gasteiger partial charge >= 0.3 is 0 Å². The average Bonchev–Trinajstić information content (AvgIpc) is 3.33. The van der Waals surface area contributed by atoms with Crippen LogP contribution in [0, 0.1) is 10.1 Å². The van der Waals surface area contributed by atoms with Crippen molar-refractivity contribution in [2.75, 3.05) is 0 Å². The number of benzene rings is 1. The zero-order valence-electron chi connectivity index (χ0n) is 19.2. The third-order valence-electron chi connectivity index (χ3n) is 6.24. The lowest BCUT2D eigenvalue weighted by atomic mass is 10.2. The Morgan fingerprint density at radius 3 is 2.62 bits per heavy atom. The second-order valence-corrected chi connectivity index (χ2v) is 14.3. The Hall–Kier alpha value is -2.98. The number of rotatable bonds is 9. The number of amides is 1. The molecule has 3 rings (SSSR count). The summed E-state index contributed by atoms with van der Waals surface area (Å²) in [6.07, 6.45) is 6.35. The Balaban J connectivity index is 1.79. The number of nitro benzene ring substituents is 1. The summed E-state index contributed by atoms with van der Waals surface area (Å²) in [5, 5.41) is 12.1. The molecule has 0 fully saturated rings. The highest BCUT2D eigenvalue weighted by Crippen LogP contribution is 2.39.